The molecule has 0 bridgehead atoms. The molecule has 5 heteroatoms. The summed E-state index contributed by atoms with van der Waals surface area (Å²) in [5.41, 5.74) is 0.532. The Morgan fingerprint density at radius 2 is 1.83 bits per heavy atom. The molecule has 0 aliphatic rings. The largest absolute Gasteiger partial charge is 0.454 e. The topological polar surface area (TPSA) is 9.23 Å². The maximum atomic E-state index is 13.4. The van der Waals surface area contributed by atoms with Crippen LogP contribution in [-0.4, -0.2) is 0 Å². The Morgan fingerprint density at radius 1 is 1.06 bits per heavy atom. The van der Waals surface area contributed by atoms with Crippen LogP contribution in [0.3, 0.4) is 0 Å². The van der Waals surface area contributed by atoms with Crippen molar-refractivity contribution in [1.29, 1.82) is 0 Å². The zero-order valence-electron chi connectivity index (χ0n) is 9.09. The minimum Gasteiger partial charge on any atom is -0.454 e. The van der Waals surface area contributed by atoms with Gasteiger partial charge in [0.15, 0.2) is 11.6 Å². The number of rotatable bonds is 3. The average Bonchev–Trinajstić information content (AvgIpc) is 2.34. The van der Waals surface area contributed by atoms with Gasteiger partial charge in [0.1, 0.15) is 11.6 Å². The lowest BCUT2D eigenvalue weighted by atomic mass is 10.2. The van der Waals surface area contributed by atoms with Crippen LogP contribution >= 0.6 is 23.2 Å². The first-order chi connectivity index (χ1) is 8.61. The van der Waals surface area contributed by atoms with Gasteiger partial charge in [-0.15, -0.1) is 11.6 Å². The van der Waals surface area contributed by atoms with Crippen LogP contribution in [0, 0.1) is 11.6 Å². The van der Waals surface area contributed by atoms with Gasteiger partial charge in [-0.3, -0.25) is 0 Å². The fraction of sp³-hybridized carbons (Fsp3) is 0.0769. The molecule has 2 rings (SSSR count). The van der Waals surface area contributed by atoms with Crippen molar-refractivity contribution in [2.75, 3.05) is 0 Å². The Morgan fingerprint density at radius 3 is 2.56 bits per heavy atom. The molecule has 0 saturated carbocycles. The van der Waals surface area contributed by atoms with Gasteiger partial charge in [0.2, 0.25) is 0 Å². The molecule has 0 heterocycles. The standard InChI is InChI=1S/C13H8Cl2F2O/c14-7-9-10(15)2-1-3-12(9)18-13-6-8(16)4-5-11(13)17/h1-6H,7H2. The predicted molar refractivity (Wildman–Crippen MR) is 67.4 cm³/mol. The minimum atomic E-state index is -0.656. The van der Waals surface area contributed by atoms with Crippen LogP contribution in [-0.2, 0) is 5.88 Å². The molecule has 94 valence electrons. The minimum absolute atomic E-state index is 0.117. The van der Waals surface area contributed by atoms with Gasteiger partial charge in [0.05, 0.1) is 5.88 Å². The van der Waals surface area contributed by atoms with Crippen molar-refractivity contribution >= 4 is 23.2 Å². The van der Waals surface area contributed by atoms with Crippen LogP contribution in [0.15, 0.2) is 36.4 Å². The number of benzene rings is 2. The van der Waals surface area contributed by atoms with Crippen molar-refractivity contribution in [3.8, 4) is 11.5 Å². The fourth-order valence-corrected chi connectivity index (χ4v) is 2.01. The van der Waals surface area contributed by atoms with Crippen LogP contribution in [0.25, 0.3) is 0 Å². The second kappa shape index (κ2) is 5.55. The van der Waals surface area contributed by atoms with Crippen molar-refractivity contribution in [2.45, 2.75) is 5.88 Å². The van der Waals surface area contributed by atoms with Crippen molar-refractivity contribution in [2.24, 2.45) is 0 Å². The van der Waals surface area contributed by atoms with Crippen molar-refractivity contribution in [3.05, 3.63) is 58.6 Å². The third-order valence-electron chi connectivity index (χ3n) is 2.32. The Balaban J connectivity index is 2.40. The normalized spacial score (nSPS) is 10.4. The summed E-state index contributed by atoms with van der Waals surface area (Å²) in [6.07, 6.45) is 0. The van der Waals surface area contributed by atoms with Crippen LogP contribution < -0.4 is 4.74 Å². The maximum absolute atomic E-state index is 13.4. The monoisotopic (exact) mass is 288 g/mol. The fourth-order valence-electron chi connectivity index (χ4n) is 1.44. The van der Waals surface area contributed by atoms with Gasteiger partial charge in [-0.25, -0.2) is 8.78 Å². The molecule has 0 fully saturated rings. The van der Waals surface area contributed by atoms with Gasteiger partial charge < -0.3 is 4.74 Å². The van der Waals surface area contributed by atoms with Crippen LogP contribution in [0.5, 0.6) is 11.5 Å². The predicted octanol–water partition coefficient (Wildman–Crippen LogP) is 5.15. The molecule has 2 aromatic carbocycles. The summed E-state index contributed by atoms with van der Waals surface area (Å²) in [5, 5.41) is 0.416. The lowest BCUT2D eigenvalue weighted by molar-refractivity contribution is 0.433. The van der Waals surface area contributed by atoms with E-state index in [1.807, 2.05) is 0 Å². The Kier molecular flexibility index (Phi) is 4.04. The molecular formula is C13H8Cl2F2O. The highest BCUT2D eigenvalue weighted by atomic mass is 35.5. The molecule has 18 heavy (non-hydrogen) atoms. The average molecular weight is 289 g/mol. The van der Waals surface area contributed by atoms with E-state index < -0.39 is 11.6 Å². The maximum Gasteiger partial charge on any atom is 0.165 e. The van der Waals surface area contributed by atoms with E-state index in [0.717, 1.165) is 18.2 Å². The summed E-state index contributed by atoms with van der Waals surface area (Å²) in [6, 6.07) is 7.86. The van der Waals surface area contributed by atoms with Crippen LogP contribution in [0.2, 0.25) is 5.02 Å². The quantitative estimate of drug-likeness (QED) is 0.710. The first-order valence-electron chi connectivity index (χ1n) is 5.08. The van der Waals surface area contributed by atoms with E-state index in [2.05, 4.69) is 0 Å². The second-order valence-corrected chi connectivity index (χ2v) is 4.20. The molecule has 0 aromatic heterocycles. The molecule has 0 unspecified atom stereocenters. The smallest absolute Gasteiger partial charge is 0.165 e. The molecule has 0 spiro atoms. The molecule has 0 radical (unpaired) electrons. The number of alkyl halides is 1. The summed E-state index contributed by atoms with van der Waals surface area (Å²) in [4.78, 5) is 0. The molecule has 0 N–H and O–H groups in total. The van der Waals surface area contributed by atoms with Gasteiger partial charge in [-0.1, -0.05) is 17.7 Å². The highest BCUT2D eigenvalue weighted by Crippen LogP contribution is 2.32. The molecular weight excluding hydrogens is 281 g/mol. The SMILES string of the molecule is Fc1ccc(F)c(Oc2cccc(Cl)c2CCl)c1. The zero-order chi connectivity index (χ0) is 13.1. The van der Waals surface area contributed by atoms with Gasteiger partial charge in [0.25, 0.3) is 0 Å². The second-order valence-electron chi connectivity index (χ2n) is 3.53. The summed E-state index contributed by atoms with van der Waals surface area (Å²) < 4.78 is 31.8. The molecule has 0 amide bonds. The first-order valence-corrected chi connectivity index (χ1v) is 5.99. The molecule has 2 aromatic rings. The molecule has 1 nitrogen and oxygen atoms in total. The van der Waals surface area contributed by atoms with E-state index in [1.165, 1.54) is 0 Å². The third kappa shape index (κ3) is 2.74. The highest BCUT2D eigenvalue weighted by Gasteiger charge is 2.11. The number of ether oxygens (including phenoxy) is 1. The van der Waals surface area contributed by atoms with Gasteiger partial charge in [0, 0.05) is 16.7 Å². The van der Waals surface area contributed by atoms with E-state index in [4.69, 9.17) is 27.9 Å². The van der Waals surface area contributed by atoms with Crippen molar-refractivity contribution < 1.29 is 13.5 Å². The first kappa shape index (κ1) is 13.1. The Bertz CT molecular complexity index is 573. The van der Waals surface area contributed by atoms with E-state index in [-0.39, 0.29) is 11.6 Å². The van der Waals surface area contributed by atoms with Crippen LogP contribution in [0.1, 0.15) is 5.56 Å². The van der Waals surface area contributed by atoms with E-state index in [9.17, 15) is 8.78 Å². The third-order valence-corrected chi connectivity index (χ3v) is 2.94. The summed E-state index contributed by atoms with van der Waals surface area (Å²) in [5.74, 6) is -1.02. The van der Waals surface area contributed by atoms with Crippen LogP contribution in [0.4, 0.5) is 8.78 Å². The van der Waals surface area contributed by atoms with Gasteiger partial charge in [-0.05, 0) is 24.3 Å². The Labute approximate surface area is 113 Å². The Hall–Kier alpha value is -1.32. The lowest BCUT2D eigenvalue weighted by Crippen LogP contribution is -1.93. The number of hydrogen-bond donors (Lipinski definition) is 0. The van der Waals surface area contributed by atoms with Gasteiger partial charge >= 0.3 is 0 Å². The molecule has 0 atom stereocenters. The van der Waals surface area contributed by atoms with E-state index in [0.29, 0.717) is 16.3 Å². The molecule has 0 aliphatic heterocycles. The zero-order valence-corrected chi connectivity index (χ0v) is 10.6. The number of halogens is 4. The summed E-state index contributed by atoms with van der Waals surface area (Å²) in [7, 11) is 0. The summed E-state index contributed by atoms with van der Waals surface area (Å²) >= 11 is 11.7. The summed E-state index contributed by atoms with van der Waals surface area (Å²) in [6.45, 7) is 0. The van der Waals surface area contributed by atoms with Crippen molar-refractivity contribution in [1.82, 2.24) is 0 Å². The van der Waals surface area contributed by atoms with E-state index in [1.54, 1.807) is 18.2 Å². The lowest BCUT2D eigenvalue weighted by Gasteiger charge is -2.11. The number of hydrogen-bond acceptors (Lipinski definition) is 1. The van der Waals surface area contributed by atoms with Gasteiger partial charge in [-0.2, -0.15) is 0 Å². The molecule has 0 saturated heterocycles. The van der Waals surface area contributed by atoms with Crippen molar-refractivity contribution in [3.63, 3.8) is 0 Å². The molecule has 0 aliphatic carbocycles. The van der Waals surface area contributed by atoms with E-state index >= 15 is 0 Å². The highest BCUT2D eigenvalue weighted by molar-refractivity contribution is 6.32.